The third kappa shape index (κ3) is 3.62. The number of rotatable bonds is 6. The molecule has 0 aliphatic rings. The molecule has 1 heterocycles. The zero-order chi connectivity index (χ0) is 16.8. The van der Waals surface area contributed by atoms with E-state index in [-0.39, 0.29) is 12.2 Å². The first-order valence-corrected chi connectivity index (χ1v) is 7.77. The standard InChI is InChI=1S/C16H17NO5S/c1-4-22-16(19)10-8-9-23-15(10)17-14(18)13-11(20-2)6-5-7-12(13)21-3/h5-9H,4H2,1-3H3,(H,17,18). The Morgan fingerprint density at radius 3 is 2.35 bits per heavy atom. The lowest BCUT2D eigenvalue weighted by atomic mass is 10.1. The van der Waals surface area contributed by atoms with Crippen molar-refractivity contribution in [2.45, 2.75) is 6.92 Å². The number of thiophene rings is 1. The van der Waals surface area contributed by atoms with Gasteiger partial charge in [0.1, 0.15) is 22.1 Å². The highest BCUT2D eigenvalue weighted by Gasteiger charge is 2.21. The van der Waals surface area contributed by atoms with Crippen molar-refractivity contribution in [1.29, 1.82) is 0 Å². The fraction of sp³-hybridized carbons (Fsp3) is 0.250. The van der Waals surface area contributed by atoms with Gasteiger partial charge in [-0.2, -0.15) is 0 Å². The van der Waals surface area contributed by atoms with E-state index in [1.54, 1.807) is 36.6 Å². The van der Waals surface area contributed by atoms with Crippen molar-refractivity contribution in [2.75, 3.05) is 26.1 Å². The summed E-state index contributed by atoms with van der Waals surface area (Å²) >= 11 is 1.24. The lowest BCUT2D eigenvalue weighted by molar-refractivity contribution is 0.0528. The smallest absolute Gasteiger partial charge is 0.341 e. The van der Waals surface area contributed by atoms with Crippen molar-refractivity contribution >= 4 is 28.2 Å². The molecule has 0 aliphatic carbocycles. The zero-order valence-corrected chi connectivity index (χ0v) is 13.9. The van der Waals surface area contributed by atoms with Crippen LogP contribution in [0.5, 0.6) is 11.5 Å². The zero-order valence-electron chi connectivity index (χ0n) is 13.0. The number of amides is 1. The summed E-state index contributed by atoms with van der Waals surface area (Å²) in [4.78, 5) is 24.5. The second kappa shape index (κ2) is 7.64. The minimum absolute atomic E-state index is 0.265. The van der Waals surface area contributed by atoms with Crippen LogP contribution >= 0.6 is 11.3 Å². The summed E-state index contributed by atoms with van der Waals surface area (Å²) in [7, 11) is 2.95. The van der Waals surface area contributed by atoms with Gasteiger partial charge in [0.2, 0.25) is 0 Å². The van der Waals surface area contributed by atoms with Crippen molar-refractivity contribution in [3.8, 4) is 11.5 Å². The number of ether oxygens (including phenoxy) is 3. The molecule has 1 N–H and O–H groups in total. The number of hydrogen-bond acceptors (Lipinski definition) is 6. The number of anilines is 1. The Bertz CT molecular complexity index is 688. The molecule has 1 amide bonds. The van der Waals surface area contributed by atoms with E-state index in [2.05, 4.69) is 5.32 Å². The van der Waals surface area contributed by atoms with Gasteiger partial charge in [-0.1, -0.05) is 6.07 Å². The highest BCUT2D eigenvalue weighted by Crippen LogP contribution is 2.31. The molecule has 0 bridgehead atoms. The second-order valence-corrected chi connectivity index (χ2v) is 5.29. The summed E-state index contributed by atoms with van der Waals surface area (Å²) in [6.45, 7) is 1.99. The molecule has 1 aromatic heterocycles. The minimum Gasteiger partial charge on any atom is -0.496 e. The van der Waals surface area contributed by atoms with E-state index in [9.17, 15) is 9.59 Å². The van der Waals surface area contributed by atoms with Crippen LogP contribution in [0.2, 0.25) is 0 Å². The molecule has 0 spiro atoms. The van der Waals surface area contributed by atoms with E-state index in [4.69, 9.17) is 14.2 Å². The molecule has 0 radical (unpaired) electrons. The lowest BCUT2D eigenvalue weighted by Crippen LogP contribution is -2.16. The van der Waals surface area contributed by atoms with E-state index in [0.717, 1.165) is 0 Å². The number of hydrogen-bond donors (Lipinski definition) is 1. The number of benzene rings is 1. The van der Waals surface area contributed by atoms with Crippen LogP contribution in [0.25, 0.3) is 0 Å². The molecule has 0 atom stereocenters. The number of carbonyl (C=O) groups excluding carboxylic acids is 2. The number of methoxy groups -OCH3 is 2. The van der Waals surface area contributed by atoms with Crippen molar-refractivity contribution in [3.63, 3.8) is 0 Å². The summed E-state index contributed by atoms with van der Waals surface area (Å²) in [6.07, 6.45) is 0. The summed E-state index contributed by atoms with van der Waals surface area (Å²) in [5, 5.41) is 4.84. The largest absolute Gasteiger partial charge is 0.496 e. The molecule has 6 nitrogen and oxygen atoms in total. The predicted molar refractivity (Wildman–Crippen MR) is 87.8 cm³/mol. The van der Waals surface area contributed by atoms with Gasteiger partial charge in [0, 0.05) is 0 Å². The van der Waals surface area contributed by atoms with Crippen molar-refractivity contribution in [2.24, 2.45) is 0 Å². The Kier molecular flexibility index (Phi) is 5.59. The summed E-state index contributed by atoms with van der Waals surface area (Å²) in [5.41, 5.74) is 0.583. The Morgan fingerprint density at radius 1 is 1.13 bits per heavy atom. The molecular weight excluding hydrogens is 318 g/mol. The lowest BCUT2D eigenvalue weighted by Gasteiger charge is -2.13. The molecule has 0 unspecified atom stereocenters. The Morgan fingerprint density at radius 2 is 1.78 bits per heavy atom. The quantitative estimate of drug-likeness (QED) is 0.821. The maximum Gasteiger partial charge on any atom is 0.341 e. The van der Waals surface area contributed by atoms with Gasteiger partial charge in [-0.05, 0) is 30.5 Å². The summed E-state index contributed by atoms with van der Waals surface area (Å²) < 4.78 is 15.4. The van der Waals surface area contributed by atoms with Crippen LogP contribution in [0.4, 0.5) is 5.00 Å². The Hall–Kier alpha value is -2.54. The van der Waals surface area contributed by atoms with Crippen LogP contribution in [-0.2, 0) is 4.74 Å². The van der Waals surface area contributed by atoms with Gasteiger partial charge in [0.25, 0.3) is 5.91 Å². The van der Waals surface area contributed by atoms with Gasteiger partial charge < -0.3 is 19.5 Å². The normalized spacial score (nSPS) is 10.0. The molecular formula is C16H17NO5S. The van der Waals surface area contributed by atoms with Crippen molar-refractivity contribution in [3.05, 3.63) is 40.8 Å². The first-order chi connectivity index (χ1) is 11.1. The first kappa shape index (κ1) is 16.8. The average molecular weight is 335 g/mol. The Balaban J connectivity index is 2.31. The molecule has 1 aromatic carbocycles. The molecule has 23 heavy (non-hydrogen) atoms. The fourth-order valence-corrected chi connectivity index (χ4v) is 2.79. The summed E-state index contributed by atoms with van der Waals surface area (Å²) in [5.74, 6) is -0.129. The number of nitrogens with one attached hydrogen (secondary N) is 1. The van der Waals surface area contributed by atoms with E-state index < -0.39 is 11.9 Å². The third-order valence-electron chi connectivity index (χ3n) is 3.04. The molecule has 0 aliphatic heterocycles. The minimum atomic E-state index is -0.476. The molecule has 2 rings (SSSR count). The maximum atomic E-state index is 12.6. The van der Waals surface area contributed by atoms with E-state index in [0.29, 0.717) is 22.1 Å². The Labute approximate surface area is 138 Å². The predicted octanol–water partition coefficient (Wildman–Crippen LogP) is 3.19. The van der Waals surface area contributed by atoms with Gasteiger partial charge in [-0.15, -0.1) is 11.3 Å². The first-order valence-electron chi connectivity index (χ1n) is 6.89. The topological polar surface area (TPSA) is 73.9 Å². The molecule has 0 saturated carbocycles. The monoisotopic (exact) mass is 335 g/mol. The second-order valence-electron chi connectivity index (χ2n) is 4.38. The van der Waals surface area contributed by atoms with Gasteiger partial charge in [-0.3, -0.25) is 4.79 Å². The van der Waals surface area contributed by atoms with E-state index in [1.807, 2.05) is 0 Å². The highest BCUT2D eigenvalue weighted by atomic mass is 32.1. The van der Waals surface area contributed by atoms with Gasteiger partial charge in [0.15, 0.2) is 0 Å². The van der Waals surface area contributed by atoms with Crippen LogP contribution in [0.15, 0.2) is 29.6 Å². The SMILES string of the molecule is CCOC(=O)c1ccsc1NC(=O)c1c(OC)cccc1OC. The highest BCUT2D eigenvalue weighted by molar-refractivity contribution is 7.14. The molecule has 7 heteroatoms. The van der Waals surface area contributed by atoms with Crippen LogP contribution < -0.4 is 14.8 Å². The third-order valence-corrected chi connectivity index (χ3v) is 3.87. The molecule has 0 saturated heterocycles. The van der Waals surface area contributed by atoms with Gasteiger partial charge in [-0.25, -0.2) is 4.79 Å². The van der Waals surface area contributed by atoms with E-state index >= 15 is 0 Å². The number of esters is 1. The van der Waals surface area contributed by atoms with Crippen LogP contribution in [0, 0.1) is 0 Å². The maximum absolute atomic E-state index is 12.6. The van der Waals surface area contributed by atoms with E-state index in [1.165, 1.54) is 25.6 Å². The van der Waals surface area contributed by atoms with Crippen molar-refractivity contribution in [1.82, 2.24) is 0 Å². The van der Waals surface area contributed by atoms with Crippen LogP contribution in [-0.4, -0.2) is 32.7 Å². The summed E-state index contributed by atoms with van der Waals surface area (Å²) in [6, 6.07) is 6.66. The van der Waals surface area contributed by atoms with Gasteiger partial charge >= 0.3 is 5.97 Å². The molecule has 122 valence electrons. The molecule has 2 aromatic rings. The number of carbonyl (C=O) groups is 2. The van der Waals surface area contributed by atoms with Gasteiger partial charge in [0.05, 0.1) is 26.4 Å². The van der Waals surface area contributed by atoms with Crippen LogP contribution in [0.3, 0.4) is 0 Å². The van der Waals surface area contributed by atoms with Crippen molar-refractivity contribution < 1.29 is 23.8 Å². The molecule has 0 fully saturated rings. The fourth-order valence-electron chi connectivity index (χ4n) is 2.02. The van der Waals surface area contributed by atoms with Crippen LogP contribution in [0.1, 0.15) is 27.6 Å². The average Bonchev–Trinajstić information content (AvgIpc) is 3.02.